The topological polar surface area (TPSA) is 61.9 Å². The average molecular weight is 361 g/mol. The fourth-order valence-electron chi connectivity index (χ4n) is 3.16. The molecule has 1 fully saturated rings. The van der Waals surface area contributed by atoms with Crippen molar-refractivity contribution in [3.8, 4) is 5.75 Å². The highest BCUT2D eigenvalue weighted by atomic mass is 16.5. The van der Waals surface area contributed by atoms with Crippen LogP contribution in [0.3, 0.4) is 0 Å². The maximum Gasteiger partial charge on any atom is 0.241 e. The molecule has 1 aromatic rings. The van der Waals surface area contributed by atoms with E-state index in [9.17, 15) is 9.59 Å². The number of rotatable bonds is 6. The van der Waals surface area contributed by atoms with Gasteiger partial charge >= 0.3 is 0 Å². The second-order valence-electron chi connectivity index (χ2n) is 6.96. The summed E-state index contributed by atoms with van der Waals surface area (Å²) < 4.78 is 5.57. The second-order valence-corrected chi connectivity index (χ2v) is 6.96. The molecule has 0 saturated carbocycles. The monoisotopic (exact) mass is 361 g/mol. The molecule has 2 rings (SSSR count). The minimum Gasteiger partial charge on any atom is -0.492 e. The zero-order chi connectivity index (χ0) is 19.1. The average Bonchev–Trinajstić information content (AvgIpc) is 2.88. The van der Waals surface area contributed by atoms with Crippen molar-refractivity contribution in [2.24, 2.45) is 5.92 Å². The molecule has 1 aliphatic heterocycles. The first kappa shape index (κ1) is 20.2. The summed E-state index contributed by atoms with van der Waals surface area (Å²) in [6.07, 6.45) is 0.881. The summed E-state index contributed by atoms with van der Waals surface area (Å²) in [4.78, 5) is 29.0. The summed E-state index contributed by atoms with van der Waals surface area (Å²) in [6.45, 7) is 11.2. The van der Waals surface area contributed by atoms with Crippen molar-refractivity contribution in [3.63, 3.8) is 0 Å². The van der Waals surface area contributed by atoms with E-state index in [1.54, 1.807) is 0 Å². The maximum absolute atomic E-state index is 12.7. The van der Waals surface area contributed by atoms with E-state index in [0.717, 1.165) is 19.5 Å². The van der Waals surface area contributed by atoms with E-state index >= 15 is 0 Å². The highest BCUT2D eigenvalue weighted by Crippen LogP contribution is 2.24. The van der Waals surface area contributed by atoms with Gasteiger partial charge in [-0.15, -0.1) is 0 Å². The van der Waals surface area contributed by atoms with Crippen molar-refractivity contribution >= 4 is 17.5 Å². The van der Waals surface area contributed by atoms with E-state index in [1.807, 2.05) is 56.9 Å². The van der Waals surface area contributed by atoms with Gasteiger partial charge in [0.2, 0.25) is 11.8 Å². The smallest absolute Gasteiger partial charge is 0.241 e. The van der Waals surface area contributed by atoms with Gasteiger partial charge in [0, 0.05) is 32.1 Å². The van der Waals surface area contributed by atoms with Crippen molar-refractivity contribution in [1.82, 2.24) is 9.80 Å². The number of hydrogen-bond acceptors (Lipinski definition) is 4. The van der Waals surface area contributed by atoms with Gasteiger partial charge in [-0.3, -0.25) is 14.5 Å². The molecular formula is C20H31N3O3. The molecule has 1 unspecified atom stereocenters. The Morgan fingerprint density at radius 2 is 1.85 bits per heavy atom. The molecule has 0 aliphatic carbocycles. The third kappa shape index (κ3) is 5.21. The first-order valence-corrected chi connectivity index (χ1v) is 9.49. The van der Waals surface area contributed by atoms with Gasteiger partial charge < -0.3 is 15.0 Å². The predicted octanol–water partition coefficient (Wildman–Crippen LogP) is 2.60. The molecule has 6 heteroatoms. The van der Waals surface area contributed by atoms with Gasteiger partial charge in [0.05, 0.1) is 18.3 Å². The third-order valence-electron chi connectivity index (χ3n) is 4.71. The van der Waals surface area contributed by atoms with Gasteiger partial charge in [-0.2, -0.15) is 0 Å². The van der Waals surface area contributed by atoms with Crippen LogP contribution in [0.15, 0.2) is 24.3 Å². The maximum atomic E-state index is 12.7. The Hall–Kier alpha value is -2.08. The summed E-state index contributed by atoms with van der Waals surface area (Å²) in [5, 5.41) is 2.98. The molecule has 1 heterocycles. The fourth-order valence-corrected chi connectivity index (χ4v) is 3.16. The summed E-state index contributed by atoms with van der Waals surface area (Å²) in [5.41, 5.74) is 0.692. The Kier molecular flexibility index (Phi) is 7.45. The van der Waals surface area contributed by atoms with E-state index in [0.29, 0.717) is 31.1 Å². The quantitative estimate of drug-likeness (QED) is 0.846. The Morgan fingerprint density at radius 3 is 2.54 bits per heavy atom. The number of hydrogen-bond donors (Lipinski definition) is 1. The molecule has 1 N–H and O–H groups in total. The number of amides is 2. The van der Waals surface area contributed by atoms with E-state index in [1.165, 1.54) is 0 Å². The van der Waals surface area contributed by atoms with Crippen molar-refractivity contribution < 1.29 is 14.3 Å². The van der Waals surface area contributed by atoms with Crippen LogP contribution >= 0.6 is 0 Å². The zero-order valence-corrected chi connectivity index (χ0v) is 16.3. The Labute approximate surface area is 156 Å². The summed E-state index contributed by atoms with van der Waals surface area (Å²) >= 11 is 0. The standard InChI is InChI=1S/C20H31N3O3/c1-5-26-18-10-7-6-9-17(18)21-19(24)16(4)22-11-8-12-23(14-13-22)20(25)15(2)3/h6-7,9-10,15-16H,5,8,11-14H2,1-4H3,(H,21,24). The van der Waals surface area contributed by atoms with Crippen molar-refractivity contribution in [3.05, 3.63) is 24.3 Å². The van der Waals surface area contributed by atoms with E-state index in [4.69, 9.17) is 4.74 Å². The Morgan fingerprint density at radius 1 is 1.12 bits per heavy atom. The molecule has 1 aliphatic rings. The van der Waals surface area contributed by atoms with E-state index in [2.05, 4.69) is 10.2 Å². The first-order chi connectivity index (χ1) is 12.4. The van der Waals surface area contributed by atoms with Crippen LogP contribution in [0.5, 0.6) is 5.75 Å². The molecule has 6 nitrogen and oxygen atoms in total. The normalized spacial score (nSPS) is 16.9. The molecule has 1 atom stereocenters. The minimum atomic E-state index is -0.265. The predicted molar refractivity (Wildman–Crippen MR) is 103 cm³/mol. The molecule has 2 amide bonds. The van der Waals surface area contributed by atoms with Crippen molar-refractivity contribution in [2.45, 2.75) is 40.2 Å². The lowest BCUT2D eigenvalue weighted by Crippen LogP contribution is -2.44. The molecule has 1 saturated heterocycles. The number of benzene rings is 1. The van der Waals surface area contributed by atoms with Crippen LogP contribution in [0.2, 0.25) is 0 Å². The third-order valence-corrected chi connectivity index (χ3v) is 4.71. The van der Waals surface area contributed by atoms with Crippen LogP contribution < -0.4 is 10.1 Å². The van der Waals surface area contributed by atoms with Crippen molar-refractivity contribution in [2.75, 3.05) is 38.1 Å². The molecule has 26 heavy (non-hydrogen) atoms. The highest BCUT2D eigenvalue weighted by Gasteiger charge is 2.26. The molecule has 1 aromatic carbocycles. The number of para-hydroxylation sites is 2. The van der Waals surface area contributed by atoms with Crippen LogP contribution in [0.25, 0.3) is 0 Å². The summed E-state index contributed by atoms with van der Waals surface area (Å²) in [5.74, 6) is 0.827. The number of nitrogens with zero attached hydrogens (tertiary/aromatic N) is 2. The van der Waals surface area contributed by atoms with Gasteiger partial charge in [0.1, 0.15) is 5.75 Å². The number of anilines is 1. The molecule has 0 aromatic heterocycles. The van der Waals surface area contributed by atoms with Gasteiger partial charge in [-0.25, -0.2) is 0 Å². The molecule has 0 radical (unpaired) electrons. The molecule has 144 valence electrons. The first-order valence-electron chi connectivity index (χ1n) is 9.49. The summed E-state index contributed by atoms with van der Waals surface area (Å²) in [7, 11) is 0. The number of ether oxygens (including phenoxy) is 1. The van der Waals surface area contributed by atoms with Crippen LogP contribution in [-0.4, -0.2) is 60.4 Å². The largest absolute Gasteiger partial charge is 0.492 e. The molecular weight excluding hydrogens is 330 g/mol. The Balaban J connectivity index is 1.97. The lowest BCUT2D eigenvalue weighted by Gasteiger charge is -2.27. The molecule has 0 bridgehead atoms. The number of nitrogens with one attached hydrogen (secondary N) is 1. The van der Waals surface area contributed by atoms with Gasteiger partial charge in [-0.1, -0.05) is 26.0 Å². The van der Waals surface area contributed by atoms with E-state index < -0.39 is 0 Å². The van der Waals surface area contributed by atoms with Crippen LogP contribution in [0.1, 0.15) is 34.1 Å². The Bertz CT molecular complexity index is 618. The fraction of sp³-hybridized carbons (Fsp3) is 0.600. The SMILES string of the molecule is CCOc1ccccc1NC(=O)C(C)N1CCCN(C(=O)C(C)C)CC1. The van der Waals surface area contributed by atoms with Crippen LogP contribution in [0.4, 0.5) is 5.69 Å². The number of carbonyl (C=O) groups is 2. The minimum absolute atomic E-state index is 0.0114. The van der Waals surface area contributed by atoms with Gasteiger partial charge in [-0.05, 0) is 32.4 Å². The lowest BCUT2D eigenvalue weighted by molar-refractivity contribution is -0.134. The van der Waals surface area contributed by atoms with Crippen LogP contribution in [-0.2, 0) is 9.59 Å². The lowest BCUT2D eigenvalue weighted by atomic mass is 10.2. The second kappa shape index (κ2) is 9.57. The zero-order valence-electron chi connectivity index (χ0n) is 16.3. The van der Waals surface area contributed by atoms with Crippen LogP contribution in [0, 0.1) is 5.92 Å². The van der Waals surface area contributed by atoms with Crippen molar-refractivity contribution in [1.29, 1.82) is 0 Å². The van der Waals surface area contributed by atoms with Gasteiger partial charge in [0.15, 0.2) is 0 Å². The van der Waals surface area contributed by atoms with Gasteiger partial charge in [0.25, 0.3) is 0 Å². The number of carbonyl (C=O) groups excluding carboxylic acids is 2. The van der Waals surface area contributed by atoms with E-state index in [-0.39, 0.29) is 23.8 Å². The summed E-state index contributed by atoms with van der Waals surface area (Å²) in [6, 6.07) is 7.20. The highest BCUT2D eigenvalue weighted by molar-refractivity contribution is 5.95. The molecule has 0 spiro atoms.